The minimum absolute atomic E-state index is 0.0169. The van der Waals surface area contributed by atoms with Crippen LogP contribution in [0.15, 0.2) is 21.3 Å². The normalized spacial score (nSPS) is 10.6. The Morgan fingerprint density at radius 1 is 1.46 bits per heavy atom. The Balaban J connectivity index is 2.35. The van der Waals surface area contributed by atoms with Crippen molar-refractivity contribution in [1.29, 1.82) is 0 Å². The maximum Gasteiger partial charge on any atom is 0.133 e. The third-order valence-corrected chi connectivity index (χ3v) is 4.18. The highest BCUT2D eigenvalue weighted by Crippen LogP contribution is 2.32. The Morgan fingerprint density at radius 2 is 2.31 bits per heavy atom. The fourth-order valence-corrected chi connectivity index (χ4v) is 3.19. The SMILES string of the molecule is OCc1csc(-c2ccc(Br)s2)n1. The van der Waals surface area contributed by atoms with E-state index in [-0.39, 0.29) is 6.61 Å². The first-order chi connectivity index (χ1) is 6.29. The van der Waals surface area contributed by atoms with Crippen LogP contribution >= 0.6 is 38.6 Å². The lowest BCUT2D eigenvalue weighted by Crippen LogP contribution is -1.80. The van der Waals surface area contributed by atoms with Gasteiger partial charge in [-0.15, -0.1) is 22.7 Å². The molecule has 5 heteroatoms. The summed E-state index contributed by atoms with van der Waals surface area (Å²) >= 11 is 6.61. The number of nitrogens with zero attached hydrogens (tertiary/aromatic N) is 1. The standard InChI is InChI=1S/C8H6BrNOS2/c9-7-2-1-6(13-7)8-10-5(3-11)4-12-8/h1-2,4,11H,3H2. The zero-order valence-corrected chi connectivity index (χ0v) is 9.75. The van der Waals surface area contributed by atoms with Crippen molar-refractivity contribution in [1.82, 2.24) is 4.98 Å². The van der Waals surface area contributed by atoms with Crippen LogP contribution in [0.1, 0.15) is 5.69 Å². The molecule has 68 valence electrons. The van der Waals surface area contributed by atoms with Crippen LogP contribution in [0.4, 0.5) is 0 Å². The molecule has 0 amide bonds. The van der Waals surface area contributed by atoms with Crippen molar-refractivity contribution in [3.63, 3.8) is 0 Å². The maximum absolute atomic E-state index is 8.84. The zero-order chi connectivity index (χ0) is 9.26. The zero-order valence-electron chi connectivity index (χ0n) is 6.53. The number of aliphatic hydroxyl groups is 1. The van der Waals surface area contributed by atoms with E-state index < -0.39 is 0 Å². The molecule has 0 radical (unpaired) electrons. The Hall–Kier alpha value is -0.230. The van der Waals surface area contributed by atoms with Crippen molar-refractivity contribution in [2.75, 3.05) is 0 Å². The minimum atomic E-state index is 0.0169. The number of aliphatic hydroxyl groups excluding tert-OH is 1. The monoisotopic (exact) mass is 275 g/mol. The first-order valence-electron chi connectivity index (χ1n) is 3.60. The lowest BCUT2D eigenvalue weighted by atomic mass is 10.5. The number of halogens is 1. The summed E-state index contributed by atoms with van der Waals surface area (Å²) in [6.07, 6.45) is 0. The van der Waals surface area contributed by atoms with Gasteiger partial charge in [0.15, 0.2) is 0 Å². The van der Waals surface area contributed by atoms with Gasteiger partial charge in [-0.25, -0.2) is 4.98 Å². The summed E-state index contributed by atoms with van der Waals surface area (Å²) < 4.78 is 1.10. The van der Waals surface area contributed by atoms with Gasteiger partial charge in [-0.3, -0.25) is 0 Å². The summed E-state index contributed by atoms with van der Waals surface area (Å²) in [6.45, 7) is 0.0169. The predicted octanol–water partition coefficient (Wildman–Crippen LogP) is 3.13. The van der Waals surface area contributed by atoms with Gasteiger partial charge in [0.1, 0.15) is 5.01 Å². The van der Waals surface area contributed by atoms with Gasteiger partial charge in [0.2, 0.25) is 0 Å². The summed E-state index contributed by atoms with van der Waals surface area (Å²) in [4.78, 5) is 5.41. The molecule has 2 nitrogen and oxygen atoms in total. The smallest absolute Gasteiger partial charge is 0.133 e. The Morgan fingerprint density at radius 3 is 2.85 bits per heavy atom. The van der Waals surface area contributed by atoms with E-state index in [1.54, 1.807) is 22.7 Å². The molecule has 2 aromatic heterocycles. The Labute approximate surface area is 92.0 Å². The minimum Gasteiger partial charge on any atom is -0.390 e. The number of aromatic nitrogens is 1. The molecule has 0 fully saturated rings. The molecule has 0 aliphatic heterocycles. The number of thiazole rings is 1. The van der Waals surface area contributed by atoms with Gasteiger partial charge in [0.25, 0.3) is 0 Å². The van der Waals surface area contributed by atoms with E-state index in [1.807, 2.05) is 17.5 Å². The molecule has 0 unspecified atom stereocenters. The van der Waals surface area contributed by atoms with Crippen LogP contribution in [-0.4, -0.2) is 10.1 Å². The van der Waals surface area contributed by atoms with Crippen molar-refractivity contribution in [3.05, 3.63) is 27.0 Å². The Bertz CT molecular complexity index is 410. The van der Waals surface area contributed by atoms with Crippen LogP contribution in [0.3, 0.4) is 0 Å². The molecule has 0 aliphatic rings. The molecule has 1 N–H and O–H groups in total. The molecule has 0 aliphatic carbocycles. The summed E-state index contributed by atoms with van der Waals surface area (Å²) in [5.74, 6) is 0. The third-order valence-electron chi connectivity index (χ3n) is 1.50. The lowest BCUT2D eigenvalue weighted by molar-refractivity contribution is 0.278. The number of thiophene rings is 1. The van der Waals surface area contributed by atoms with Crippen LogP contribution in [-0.2, 0) is 6.61 Å². The molecule has 2 heterocycles. The number of hydrogen-bond donors (Lipinski definition) is 1. The number of rotatable bonds is 2. The van der Waals surface area contributed by atoms with E-state index >= 15 is 0 Å². The fourth-order valence-electron chi connectivity index (χ4n) is 0.922. The molecule has 2 aromatic rings. The van der Waals surface area contributed by atoms with Crippen LogP contribution < -0.4 is 0 Å². The van der Waals surface area contributed by atoms with E-state index in [2.05, 4.69) is 20.9 Å². The van der Waals surface area contributed by atoms with Gasteiger partial charge in [0.05, 0.1) is 21.0 Å². The molecular formula is C8H6BrNOS2. The van der Waals surface area contributed by atoms with Gasteiger partial charge < -0.3 is 5.11 Å². The topological polar surface area (TPSA) is 33.1 Å². The third kappa shape index (κ3) is 1.99. The summed E-state index contributed by atoms with van der Waals surface area (Å²) in [5.41, 5.74) is 0.740. The maximum atomic E-state index is 8.84. The second kappa shape index (κ2) is 3.88. The first-order valence-corrected chi connectivity index (χ1v) is 6.09. The second-order valence-electron chi connectivity index (χ2n) is 2.41. The van der Waals surface area contributed by atoms with Gasteiger partial charge in [-0.05, 0) is 28.1 Å². The second-order valence-corrected chi connectivity index (χ2v) is 5.73. The molecule has 0 saturated carbocycles. The molecule has 2 rings (SSSR count). The van der Waals surface area contributed by atoms with Crippen molar-refractivity contribution in [2.45, 2.75) is 6.61 Å². The highest BCUT2D eigenvalue weighted by atomic mass is 79.9. The highest BCUT2D eigenvalue weighted by molar-refractivity contribution is 9.11. The van der Waals surface area contributed by atoms with Gasteiger partial charge >= 0.3 is 0 Å². The van der Waals surface area contributed by atoms with E-state index in [1.165, 1.54) is 0 Å². The average Bonchev–Trinajstić information content (AvgIpc) is 2.71. The van der Waals surface area contributed by atoms with E-state index in [0.29, 0.717) is 0 Å². The van der Waals surface area contributed by atoms with Crippen LogP contribution in [0.5, 0.6) is 0 Å². The molecule has 0 atom stereocenters. The van der Waals surface area contributed by atoms with E-state index in [4.69, 9.17) is 5.11 Å². The van der Waals surface area contributed by atoms with E-state index in [9.17, 15) is 0 Å². The number of hydrogen-bond acceptors (Lipinski definition) is 4. The average molecular weight is 276 g/mol. The molecule has 0 saturated heterocycles. The Kier molecular flexibility index (Phi) is 2.78. The van der Waals surface area contributed by atoms with Crippen molar-refractivity contribution < 1.29 is 5.11 Å². The summed E-state index contributed by atoms with van der Waals surface area (Å²) in [6, 6.07) is 4.02. The van der Waals surface area contributed by atoms with Crippen LogP contribution in [0.25, 0.3) is 9.88 Å². The highest BCUT2D eigenvalue weighted by Gasteiger charge is 2.05. The quantitative estimate of drug-likeness (QED) is 0.914. The molecule has 13 heavy (non-hydrogen) atoms. The molecule has 0 spiro atoms. The molecular weight excluding hydrogens is 270 g/mol. The summed E-state index contributed by atoms with van der Waals surface area (Å²) in [5, 5.41) is 11.7. The van der Waals surface area contributed by atoms with Crippen molar-refractivity contribution in [3.8, 4) is 9.88 Å². The summed E-state index contributed by atoms with van der Waals surface area (Å²) in [7, 11) is 0. The molecule has 0 aromatic carbocycles. The van der Waals surface area contributed by atoms with E-state index in [0.717, 1.165) is 19.4 Å². The van der Waals surface area contributed by atoms with Crippen LogP contribution in [0.2, 0.25) is 0 Å². The fraction of sp³-hybridized carbons (Fsp3) is 0.125. The largest absolute Gasteiger partial charge is 0.390 e. The van der Waals surface area contributed by atoms with Gasteiger partial charge in [0, 0.05) is 5.38 Å². The van der Waals surface area contributed by atoms with Gasteiger partial charge in [-0.1, -0.05) is 0 Å². The van der Waals surface area contributed by atoms with Crippen molar-refractivity contribution in [2.24, 2.45) is 0 Å². The lowest BCUT2D eigenvalue weighted by Gasteiger charge is -1.86. The first kappa shape index (κ1) is 9.33. The molecule has 0 bridgehead atoms. The van der Waals surface area contributed by atoms with Crippen LogP contribution in [0, 0.1) is 0 Å². The van der Waals surface area contributed by atoms with Gasteiger partial charge in [-0.2, -0.15) is 0 Å². The predicted molar refractivity (Wildman–Crippen MR) is 59.0 cm³/mol. The van der Waals surface area contributed by atoms with Crippen molar-refractivity contribution >= 4 is 38.6 Å².